The topological polar surface area (TPSA) is 61.4 Å². The highest BCUT2D eigenvalue weighted by molar-refractivity contribution is 5.95. The van der Waals surface area contributed by atoms with Crippen LogP contribution in [0.3, 0.4) is 0 Å². The van der Waals surface area contributed by atoms with Gasteiger partial charge in [-0.3, -0.25) is 9.59 Å². The first kappa shape index (κ1) is 18.9. The summed E-state index contributed by atoms with van der Waals surface area (Å²) in [5.41, 5.74) is 1.99. The van der Waals surface area contributed by atoms with Crippen molar-refractivity contribution < 1.29 is 9.59 Å². The molecule has 0 saturated carbocycles. The number of hydrogen-bond acceptors (Lipinski definition) is 3. The third-order valence-electron chi connectivity index (χ3n) is 5.83. The summed E-state index contributed by atoms with van der Waals surface area (Å²) in [4.78, 5) is 26.3. The first-order chi connectivity index (χ1) is 12.5. The number of rotatable bonds is 6. The first-order valence-corrected chi connectivity index (χ1v) is 9.95. The maximum absolute atomic E-state index is 12.5. The molecule has 2 aliphatic heterocycles. The number of nitrogens with zero attached hydrogens (tertiary/aromatic N) is 1. The minimum atomic E-state index is -0.0552. The molecule has 2 aliphatic rings. The smallest absolute Gasteiger partial charge is 0.227 e. The van der Waals surface area contributed by atoms with Crippen LogP contribution >= 0.6 is 0 Å². The van der Waals surface area contributed by atoms with Crippen molar-refractivity contribution in [1.29, 1.82) is 0 Å². The fraction of sp³-hybridized carbons (Fsp3) is 0.619. The van der Waals surface area contributed by atoms with Crippen molar-refractivity contribution in [3.05, 3.63) is 29.8 Å². The van der Waals surface area contributed by atoms with Gasteiger partial charge < -0.3 is 15.5 Å². The molecule has 1 aromatic carbocycles. The maximum atomic E-state index is 12.5. The van der Waals surface area contributed by atoms with Gasteiger partial charge in [-0.15, -0.1) is 0 Å². The number of nitrogens with one attached hydrogen (secondary N) is 2. The Morgan fingerprint density at radius 3 is 2.77 bits per heavy atom. The fourth-order valence-corrected chi connectivity index (χ4v) is 4.14. The Morgan fingerprint density at radius 2 is 2.08 bits per heavy atom. The highest BCUT2D eigenvalue weighted by Gasteiger charge is 2.24. The number of amides is 2. The summed E-state index contributed by atoms with van der Waals surface area (Å²) in [6.45, 7) is 7.12. The Hall–Kier alpha value is -1.88. The Balaban J connectivity index is 1.56. The van der Waals surface area contributed by atoms with Crippen LogP contribution in [0.1, 0.15) is 57.6 Å². The molecule has 2 atom stereocenters. The lowest BCUT2D eigenvalue weighted by Crippen LogP contribution is -2.34. The van der Waals surface area contributed by atoms with Gasteiger partial charge in [0, 0.05) is 25.1 Å². The van der Waals surface area contributed by atoms with Crippen molar-refractivity contribution in [2.24, 2.45) is 11.8 Å². The van der Waals surface area contributed by atoms with E-state index in [-0.39, 0.29) is 17.9 Å². The Morgan fingerprint density at radius 1 is 1.31 bits per heavy atom. The third kappa shape index (κ3) is 4.64. The molecule has 2 saturated heterocycles. The zero-order valence-electron chi connectivity index (χ0n) is 16.0. The van der Waals surface area contributed by atoms with Gasteiger partial charge in [-0.1, -0.05) is 19.1 Å². The van der Waals surface area contributed by atoms with Gasteiger partial charge in [-0.2, -0.15) is 0 Å². The summed E-state index contributed by atoms with van der Waals surface area (Å²) in [5, 5.41) is 6.52. The number of carbonyl (C=O) groups excluding carboxylic acids is 2. The van der Waals surface area contributed by atoms with Crippen molar-refractivity contribution in [3.63, 3.8) is 0 Å². The minimum Gasteiger partial charge on any atom is -0.350 e. The van der Waals surface area contributed by atoms with E-state index in [4.69, 9.17) is 0 Å². The minimum absolute atomic E-state index is 0.0552. The normalized spacial score (nSPS) is 20.8. The van der Waals surface area contributed by atoms with E-state index in [0.717, 1.165) is 50.1 Å². The van der Waals surface area contributed by atoms with Gasteiger partial charge in [0.25, 0.3) is 0 Å². The summed E-state index contributed by atoms with van der Waals surface area (Å²) in [6.07, 6.45) is 4.46. The van der Waals surface area contributed by atoms with Crippen LogP contribution in [0.15, 0.2) is 24.3 Å². The van der Waals surface area contributed by atoms with Crippen LogP contribution in [0, 0.1) is 11.8 Å². The molecule has 2 unspecified atom stereocenters. The van der Waals surface area contributed by atoms with Crippen molar-refractivity contribution in [3.8, 4) is 0 Å². The lowest BCUT2D eigenvalue weighted by Gasteiger charge is -2.28. The molecule has 0 bridgehead atoms. The molecule has 2 N–H and O–H groups in total. The van der Waals surface area contributed by atoms with E-state index in [1.54, 1.807) is 0 Å². The number of benzene rings is 1. The monoisotopic (exact) mass is 357 g/mol. The lowest BCUT2D eigenvalue weighted by molar-refractivity contribution is -0.123. The van der Waals surface area contributed by atoms with Gasteiger partial charge in [-0.25, -0.2) is 0 Å². The van der Waals surface area contributed by atoms with Crippen molar-refractivity contribution in [2.45, 2.75) is 52.0 Å². The number of piperidine rings is 1. The van der Waals surface area contributed by atoms with Gasteiger partial charge in [0.2, 0.25) is 11.8 Å². The van der Waals surface area contributed by atoms with E-state index in [1.165, 1.54) is 0 Å². The summed E-state index contributed by atoms with van der Waals surface area (Å²) >= 11 is 0. The molecule has 0 radical (unpaired) electrons. The zero-order valence-corrected chi connectivity index (χ0v) is 16.0. The van der Waals surface area contributed by atoms with Crippen LogP contribution in [0.5, 0.6) is 0 Å². The predicted molar refractivity (Wildman–Crippen MR) is 104 cm³/mol. The summed E-state index contributed by atoms with van der Waals surface area (Å²) in [5.74, 6) is 1.36. The SMILES string of the molecule is CC(NC(=O)CC(C)C1CCNCC1)c1cccc(N2CCCC2=O)c1. The van der Waals surface area contributed by atoms with Crippen molar-refractivity contribution >= 4 is 17.5 Å². The van der Waals surface area contributed by atoms with Gasteiger partial charge >= 0.3 is 0 Å². The third-order valence-corrected chi connectivity index (χ3v) is 5.83. The van der Waals surface area contributed by atoms with Crippen molar-refractivity contribution in [1.82, 2.24) is 10.6 Å². The van der Waals surface area contributed by atoms with Crippen LogP contribution in [0.4, 0.5) is 5.69 Å². The first-order valence-electron chi connectivity index (χ1n) is 9.95. The molecule has 1 aromatic rings. The van der Waals surface area contributed by atoms with E-state index in [1.807, 2.05) is 36.1 Å². The second kappa shape index (κ2) is 8.67. The van der Waals surface area contributed by atoms with Gasteiger partial charge in [-0.05, 0) is 68.8 Å². The van der Waals surface area contributed by atoms with Crippen LogP contribution in [0.2, 0.25) is 0 Å². The van der Waals surface area contributed by atoms with Crippen LogP contribution in [-0.4, -0.2) is 31.4 Å². The molecule has 0 aliphatic carbocycles. The standard InChI is InChI=1S/C21H31N3O2/c1-15(17-8-10-22-11-9-17)13-20(25)23-16(2)18-5-3-6-19(14-18)24-12-4-7-21(24)26/h3,5-6,14-17,22H,4,7-13H2,1-2H3,(H,23,25). The Labute approximate surface area is 156 Å². The van der Waals surface area contributed by atoms with Crippen LogP contribution in [-0.2, 0) is 9.59 Å². The van der Waals surface area contributed by atoms with E-state index in [2.05, 4.69) is 17.6 Å². The quantitative estimate of drug-likeness (QED) is 0.823. The Bertz CT molecular complexity index is 640. The molecule has 5 nitrogen and oxygen atoms in total. The molecule has 0 aromatic heterocycles. The molecule has 0 spiro atoms. The number of anilines is 1. The fourth-order valence-electron chi connectivity index (χ4n) is 4.14. The molecular weight excluding hydrogens is 326 g/mol. The highest BCUT2D eigenvalue weighted by Crippen LogP contribution is 2.26. The second-order valence-corrected chi connectivity index (χ2v) is 7.80. The molecule has 3 rings (SSSR count). The largest absolute Gasteiger partial charge is 0.350 e. The molecule has 2 fully saturated rings. The average molecular weight is 357 g/mol. The summed E-state index contributed by atoms with van der Waals surface area (Å²) in [6, 6.07) is 7.94. The second-order valence-electron chi connectivity index (χ2n) is 7.80. The zero-order chi connectivity index (χ0) is 18.5. The molecule has 26 heavy (non-hydrogen) atoms. The van der Waals surface area contributed by atoms with E-state index in [9.17, 15) is 9.59 Å². The van der Waals surface area contributed by atoms with E-state index >= 15 is 0 Å². The number of carbonyl (C=O) groups is 2. The molecule has 2 amide bonds. The van der Waals surface area contributed by atoms with Crippen LogP contribution in [0.25, 0.3) is 0 Å². The van der Waals surface area contributed by atoms with E-state index < -0.39 is 0 Å². The van der Waals surface area contributed by atoms with Crippen molar-refractivity contribution in [2.75, 3.05) is 24.5 Å². The summed E-state index contributed by atoms with van der Waals surface area (Å²) < 4.78 is 0. The molecule has 2 heterocycles. The highest BCUT2D eigenvalue weighted by atomic mass is 16.2. The van der Waals surface area contributed by atoms with Gasteiger partial charge in [0.1, 0.15) is 0 Å². The Kier molecular flexibility index (Phi) is 6.30. The van der Waals surface area contributed by atoms with Gasteiger partial charge in [0.15, 0.2) is 0 Å². The maximum Gasteiger partial charge on any atom is 0.227 e. The number of hydrogen-bond donors (Lipinski definition) is 2. The molecular formula is C21H31N3O2. The van der Waals surface area contributed by atoms with Crippen LogP contribution < -0.4 is 15.5 Å². The molecule has 142 valence electrons. The molecule has 5 heteroatoms. The average Bonchev–Trinajstić information content (AvgIpc) is 3.08. The van der Waals surface area contributed by atoms with E-state index in [0.29, 0.717) is 24.7 Å². The lowest BCUT2D eigenvalue weighted by atomic mass is 9.84. The predicted octanol–water partition coefficient (Wildman–Crippen LogP) is 3.02. The summed E-state index contributed by atoms with van der Waals surface area (Å²) in [7, 11) is 0. The van der Waals surface area contributed by atoms with Gasteiger partial charge in [0.05, 0.1) is 6.04 Å².